The van der Waals surface area contributed by atoms with Gasteiger partial charge in [-0.15, -0.1) is 0 Å². The van der Waals surface area contributed by atoms with Crippen molar-refractivity contribution in [3.8, 4) is 63.5 Å². The predicted octanol–water partition coefficient (Wildman–Crippen LogP) is 19.6. The van der Waals surface area contributed by atoms with Gasteiger partial charge in [0.25, 0.3) is 0 Å². The van der Waals surface area contributed by atoms with E-state index in [0.29, 0.717) is 22.6 Å². The van der Waals surface area contributed by atoms with E-state index in [4.69, 9.17) is 14.7 Å². The molecule has 0 amide bonds. The first-order valence-corrected chi connectivity index (χ1v) is 31.7. The number of aromatic nitrogens is 8. The fourth-order valence-corrected chi connectivity index (χ4v) is 16.5. The molecular weight excluding hydrogens is 1160 g/mol. The second-order valence-electron chi connectivity index (χ2n) is 25.0. The third-order valence-corrected chi connectivity index (χ3v) is 20.3. The zero-order valence-electron chi connectivity index (χ0n) is 50.4. The number of benzene rings is 11. The molecule has 438 valence electrons. The summed E-state index contributed by atoms with van der Waals surface area (Å²) in [5, 5.41) is 31.5. The number of hydrogen-bond donors (Lipinski definition) is 0. The molecule has 1 aliphatic carbocycles. The number of pyridine rings is 3. The van der Waals surface area contributed by atoms with Gasteiger partial charge in [-0.1, -0.05) is 109 Å². The summed E-state index contributed by atoms with van der Waals surface area (Å²) in [7, 11) is 0. The maximum atomic E-state index is 10.3. The molecule has 9 heterocycles. The Kier molecular flexibility index (Phi) is 10.2. The predicted molar refractivity (Wildman–Crippen MR) is 378 cm³/mol. The summed E-state index contributed by atoms with van der Waals surface area (Å²) in [5.74, 6) is 1.38. The molecule has 0 unspecified atom stereocenters. The lowest BCUT2D eigenvalue weighted by molar-refractivity contribution is 0.436. The van der Waals surface area contributed by atoms with Crippen LogP contribution in [-0.4, -0.2) is 37.8 Å². The van der Waals surface area contributed by atoms with Gasteiger partial charge < -0.3 is 27.6 Å². The van der Waals surface area contributed by atoms with Crippen LogP contribution >= 0.6 is 0 Å². The third-order valence-electron chi connectivity index (χ3n) is 20.3. The Morgan fingerprint density at radius 2 is 0.611 bits per heavy atom. The number of hydrogen-bond acceptors (Lipinski definition) is 6. The molecule has 0 bridgehead atoms. The molecule has 0 N–H and O–H groups in total. The molecule has 21 rings (SSSR count). The van der Waals surface area contributed by atoms with Gasteiger partial charge in [-0.3, -0.25) is 15.0 Å². The van der Waals surface area contributed by atoms with E-state index < -0.39 is 5.41 Å². The largest absolute Gasteiger partial charge is 0.457 e. The number of nitriles is 2. The van der Waals surface area contributed by atoms with Crippen LogP contribution in [-0.2, 0) is 5.41 Å². The minimum atomic E-state index is -1.18. The van der Waals surface area contributed by atoms with Gasteiger partial charge in [0.2, 0.25) is 0 Å². The minimum Gasteiger partial charge on any atom is -0.457 e. The average Bonchev–Trinajstić information content (AvgIpc) is 1.42. The Morgan fingerprint density at radius 1 is 0.284 bits per heavy atom. The van der Waals surface area contributed by atoms with Gasteiger partial charge in [-0.05, 0) is 146 Å². The highest BCUT2D eigenvalue weighted by Gasteiger charge is 2.54. The van der Waals surface area contributed by atoms with Gasteiger partial charge in [-0.2, -0.15) is 10.5 Å². The molecule has 11 aromatic carbocycles. The second-order valence-corrected chi connectivity index (χ2v) is 25.0. The Labute approximate surface area is 540 Å². The summed E-state index contributed by atoms with van der Waals surface area (Å²) in [4.78, 5) is 16.0. The molecule has 0 atom stereocenters. The van der Waals surface area contributed by atoms with E-state index >= 15 is 0 Å². The monoisotopic (exact) mass is 1210 g/mol. The number of para-hydroxylation sites is 6. The van der Waals surface area contributed by atoms with Crippen LogP contribution in [0.5, 0.6) is 11.5 Å². The highest BCUT2D eigenvalue weighted by atomic mass is 16.5. The van der Waals surface area contributed by atoms with Crippen molar-refractivity contribution in [1.82, 2.24) is 37.8 Å². The maximum Gasteiger partial charge on any atom is 0.132 e. The van der Waals surface area contributed by atoms with Gasteiger partial charge in [0, 0.05) is 99.4 Å². The Morgan fingerprint density at radius 3 is 1.04 bits per heavy atom. The number of nitrogens with zero attached hydrogens (tertiary/aromatic N) is 10. The zero-order valence-corrected chi connectivity index (χ0v) is 50.4. The number of ether oxygens (including phenoxy) is 1. The van der Waals surface area contributed by atoms with E-state index in [2.05, 4.69) is 258 Å². The standard InChI is InChI=1S/C84H46N10O/c85-44-49-25-30-76-63(37-49)64-38-50(45-86)26-31-77(64)91(76)53-29-34-81-67(41-53)84(66-40-52(28-33-80(66)95-81)90-75-24-12-6-18-61(75)65-39-51(27-32-78(65)90)92-70-19-7-5-17-60(70)62-35-36-87-48-79(62)92)68-42-54(93-71-20-8-1-13-56(71)57-14-2-9-21-72(57)93)46-88-82(68)83-69(84)43-55(47-89-83)94-73-22-10-3-15-58(73)59-16-4-11-23-74(59)94/h1-43,46-48H. The molecule has 0 fully saturated rings. The van der Waals surface area contributed by atoms with Crippen LogP contribution in [0.15, 0.2) is 280 Å². The molecule has 1 aliphatic heterocycles. The SMILES string of the molecule is N#Cc1ccc2c(c1)c1cc(C#N)ccc1n2-c1ccc2c(c1)C1(c3cc(-n4c5ccccc5c5cc(-n6c7ccccc7c7ccncc76)ccc54)ccc3O2)c2cc(-n3c4ccccc4c4ccccc43)cnc2-c2ncc(-n3c4ccccc4c4ccccc43)cc21. The highest BCUT2D eigenvalue weighted by molar-refractivity contribution is 6.14. The fraction of sp³-hybridized carbons (Fsp3) is 0.0119. The molecule has 0 saturated carbocycles. The molecule has 8 aromatic heterocycles. The van der Waals surface area contributed by atoms with E-state index in [1.54, 1.807) is 0 Å². The summed E-state index contributed by atoms with van der Waals surface area (Å²) in [6.07, 6.45) is 7.87. The minimum absolute atomic E-state index is 0.533. The van der Waals surface area contributed by atoms with Crippen LogP contribution in [0.3, 0.4) is 0 Å². The summed E-state index contributed by atoms with van der Waals surface area (Å²) >= 11 is 0. The lowest BCUT2D eigenvalue weighted by Crippen LogP contribution is -2.33. The van der Waals surface area contributed by atoms with Crippen LogP contribution in [0, 0.1) is 22.7 Å². The van der Waals surface area contributed by atoms with Crippen LogP contribution in [0.25, 0.3) is 149 Å². The first-order chi connectivity index (χ1) is 47.0. The summed E-state index contributed by atoms with van der Waals surface area (Å²) in [5.41, 5.74) is 20.1. The van der Waals surface area contributed by atoms with Crippen molar-refractivity contribution in [2.24, 2.45) is 0 Å². The van der Waals surface area contributed by atoms with Gasteiger partial charge in [0.1, 0.15) is 11.5 Å². The molecule has 19 aromatic rings. The van der Waals surface area contributed by atoms with Crippen molar-refractivity contribution in [3.63, 3.8) is 0 Å². The van der Waals surface area contributed by atoms with Gasteiger partial charge in [0.15, 0.2) is 0 Å². The van der Waals surface area contributed by atoms with Gasteiger partial charge in [0.05, 0.1) is 125 Å². The molecule has 11 heteroatoms. The summed E-state index contributed by atoms with van der Waals surface area (Å²) in [6, 6.07) is 95.1. The molecule has 95 heavy (non-hydrogen) atoms. The Bertz CT molecular complexity index is 6360. The first kappa shape index (κ1) is 51.4. The molecule has 1 spiro atoms. The van der Waals surface area contributed by atoms with Crippen molar-refractivity contribution in [3.05, 3.63) is 313 Å². The summed E-state index contributed by atoms with van der Waals surface area (Å²) < 4.78 is 19.2. The quantitative estimate of drug-likeness (QED) is 0.169. The Hall–Kier alpha value is -13.4. The van der Waals surface area contributed by atoms with Crippen molar-refractivity contribution < 1.29 is 4.74 Å². The number of rotatable bonds is 5. The van der Waals surface area contributed by atoms with Crippen LogP contribution in [0.1, 0.15) is 33.4 Å². The molecule has 2 aliphatic rings. The Balaban J connectivity index is 0.885. The third kappa shape index (κ3) is 6.81. The highest BCUT2D eigenvalue weighted by Crippen LogP contribution is 2.63. The molecule has 0 radical (unpaired) electrons. The fourth-order valence-electron chi connectivity index (χ4n) is 16.5. The smallest absolute Gasteiger partial charge is 0.132 e. The number of fused-ring (bicyclic) bond motifs is 24. The molecular formula is C84H46N10O. The lowest BCUT2D eigenvalue weighted by Gasteiger charge is -2.39. The van der Waals surface area contributed by atoms with E-state index in [1.807, 2.05) is 61.2 Å². The second kappa shape index (κ2) is 18.9. The van der Waals surface area contributed by atoms with Gasteiger partial charge in [-0.25, -0.2) is 0 Å². The van der Waals surface area contributed by atoms with Crippen molar-refractivity contribution in [1.29, 1.82) is 10.5 Å². The zero-order chi connectivity index (χ0) is 62.4. The first-order valence-electron chi connectivity index (χ1n) is 31.7. The average molecular weight is 1210 g/mol. The molecule has 0 saturated heterocycles. The molecule has 11 nitrogen and oxygen atoms in total. The normalized spacial score (nSPS) is 13.0. The van der Waals surface area contributed by atoms with Crippen molar-refractivity contribution in [2.45, 2.75) is 5.41 Å². The topological polar surface area (TPSA) is 120 Å². The van der Waals surface area contributed by atoms with Crippen LogP contribution in [0.4, 0.5) is 0 Å². The van der Waals surface area contributed by atoms with E-state index in [9.17, 15) is 10.5 Å². The van der Waals surface area contributed by atoms with E-state index in [0.717, 1.165) is 166 Å². The van der Waals surface area contributed by atoms with Crippen LogP contribution < -0.4 is 4.74 Å². The van der Waals surface area contributed by atoms with Crippen LogP contribution in [0.2, 0.25) is 0 Å². The van der Waals surface area contributed by atoms with Crippen molar-refractivity contribution >= 4 is 109 Å². The van der Waals surface area contributed by atoms with E-state index in [-0.39, 0.29) is 0 Å². The summed E-state index contributed by atoms with van der Waals surface area (Å²) in [6.45, 7) is 0. The van der Waals surface area contributed by atoms with Gasteiger partial charge >= 0.3 is 0 Å². The maximum absolute atomic E-state index is 10.3. The lowest BCUT2D eigenvalue weighted by atomic mass is 9.66. The van der Waals surface area contributed by atoms with Crippen molar-refractivity contribution in [2.75, 3.05) is 0 Å². The van der Waals surface area contributed by atoms with E-state index in [1.165, 1.54) is 5.39 Å².